The summed E-state index contributed by atoms with van der Waals surface area (Å²) in [6.45, 7) is 9.06. The van der Waals surface area contributed by atoms with Crippen molar-refractivity contribution >= 4 is 44.6 Å². The number of amides is 1. The second-order valence-electron chi connectivity index (χ2n) is 16.7. The Balaban J connectivity index is 1.28. The first-order valence-electron chi connectivity index (χ1n) is 21.1. The van der Waals surface area contributed by atoms with Gasteiger partial charge in [-0.05, 0) is 55.7 Å². The van der Waals surface area contributed by atoms with E-state index in [4.69, 9.17) is 19.7 Å². The summed E-state index contributed by atoms with van der Waals surface area (Å²) in [6.07, 6.45) is 6.01. The zero-order valence-corrected chi connectivity index (χ0v) is 37.4. The lowest BCUT2D eigenvalue weighted by atomic mass is 9.76. The molecule has 0 spiro atoms. The van der Waals surface area contributed by atoms with E-state index >= 15 is 8.78 Å². The molecule has 1 saturated heterocycles. The van der Waals surface area contributed by atoms with Crippen molar-refractivity contribution in [3.8, 4) is 11.3 Å². The molecule has 334 valence electrons. The van der Waals surface area contributed by atoms with Gasteiger partial charge in [0.05, 0.1) is 34.9 Å². The van der Waals surface area contributed by atoms with Crippen molar-refractivity contribution in [2.45, 2.75) is 38.8 Å². The second kappa shape index (κ2) is 17.9. The third kappa shape index (κ3) is 8.66. The number of piperazine rings is 1. The molecule has 4 heterocycles. The van der Waals surface area contributed by atoms with Crippen molar-refractivity contribution in [3.63, 3.8) is 0 Å². The van der Waals surface area contributed by atoms with Gasteiger partial charge in [-0.3, -0.25) is 14.5 Å². The molecule has 65 heavy (non-hydrogen) atoms. The minimum atomic E-state index is -4.25. The van der Waals surface area contributed by atoms with Crippen LogP contribution in [0.15, 0.2) is 134 Å². The fraction of sp³-hybridized carbons (Fsp3) is 0.245. The molecular formula is C49H48F2N8O5S. The standard InChI is InChI=1S/C49H48F2N8O5S/c1-6-56(5)65(62,63)55-40-23-22-39(50)43(44(40)51)45(60)38-32-59(49(34-16-10-7-11-17-34,35-18-12-8-13-19-35)36-20-14-9-15-21-36)46-37(38)28-33(29-54-46)41-30-53-42(31-52-41)57-24-26-58(27-25-57)47(61)64-48(2,3)4/h7-23,28-32,55H,6,24-27H2,1-5H3. The van der Waals surface area contributed by atoms with Crippen LogP contribution in [0.25, 0.3) is 22.3 Å². The lowest BCUT2D eigenvalue weighted by molar-refractivity contribution is 0.0240. The van der Waals surface area contributed by atoms with Crippen LogP contribution in [-0.4, -0.2) is 94.4 Å². The topological polar surface area (TPSA) is 143 Å². The Kier molecular flexibility index (Phi) is 12.2. The number of pyridine rings is 1. The van der Waals surface area contributed by atoms with E-state index in [1.807, 2.05) is 121 Å². The molecule has 1 aliphatic heterocycles. The number of nitrogens with zero attached hydrogens (tertiary/aromatic N) is 7. The van der Waals surface area contributed by atoms with E-state index in [2.05, 4.69) is 4.72 Å². The van der Waals surface area contributed by atoms with Crippen LogP contribution in [0.4, 0.5) is 25.1 Å². The Morgan fingerprint density at radius 1 is 0.785 bits per heavy atom. The number of benzene rings is 4. The first-order valence-corrected chi connectivity index (χ1v) is 22.6. The van der Waals surface area contributed by atoms with Gasteiger partial charge in [0.25, 0.3) is 0 Å². The third-order valence-electron chi connectivity index (χ3n) is 11.4. The lowest BCUT2D eigenvalue weighted by Crippen LogP contribution is -2.50. The van der Waals surface area contributed by atoms with Crippen LogP contribution in [0.5, 0.6) is 0 Å². The number of ketones is 1. The summed E-state index contributed by atoms with van der Waals surface area (Å²) in [5.74, 6) is -3.00. The Morgan fingerprint density at radius 2 is 1.37 bits per heavy atom. The van der Waals surface area contributed by atoms with Gasteiger partial charge in [0.2, 0.25) is 5.78 Å². The Hall–Kier alpha value is -7.04. The maximum atomic E-state index is 16.6. The van der Waals surface area contributed by atoms with Gasteiger partial charge in [-0.1, -0.05) is 97.9 Å². The molecule has 4 aromatic carbocycles. The highest BCUT2D eigenvalue weighted by Crippen LogP contribution is 2.44. The summed E-state index contributed by atoms with van der Waals surface area (Å²) in [6, 6.07) is 32.5. The van der Waals surface area contributed by atoms with Crippen molar-refractivity contribution in [3.05, 3.63) is 173 Å². The molecule has 7 aromatic rings. The normalized spacial score (nSPS) is 13.6. The summed E-state index contributed by atoms with van der Waals surface area (Å²) in [7, 11) is -2.94. The number of anilines is 2. The average Bonchev–Trinajstić information content (AvgIpc) is 3.69. The van der Waals surface area contributed by atoms with E-state index in [1.165, 1.54) is 7.05 Å². The average molecular weight is 899 g/mol. The smallest absolute Gasteiger partial charge is 0.410 e. The summed E-state index contributed by atoms with van der Waals surface area (Å²) in [5.41, 5.74) is 0.170. The monoisotopic (exact) mass is 898 g/mol. The molecule has 0 atom stereocenters. The number of hydrogen-bond acceptors (Lipinski definition) is 9. The molecule has 13 nitrogen and oxygen atoms in total. The van der Waals surface area contributed by atoms with Gasteiger partial charge in [0, 0.05) is 63.1 Å². The first-order chi connectivity index (χ1) is 31.1. The van der Waals surface area contributed by atoms with Crippen LogP contribution in [0.1, 0.15) is 60.3 Å². The molecule has 1 fully saturated rings. The van der Waals surface area contributed by atoms with Crippen LogP contribution >= 0.6 is 0 Å². The number of hydrogen-bond donors (Lipinski definition) is 1. The number of halogens is 2. The van der Waals surface area contributed by atoms with Gasteiger partial charge >= 0.3 is 16.3 Å². The summed E-state index contributed by atoms with van der Waals surface area (Å²) in [5, 5.41) is 0.249. The molecule has 1 amide bonds. The van der Waals surface area contributed by atoms with Crippen molar-refractivity contribution in [1.29, 1.82) is 0 Å². The van der Waals surface area contributed by atoms with Crippen LogP contribution in [0, 0.1) is 11.6 Å². The molecule has 0 radical (unpaired) electrons. The molecule has 0 aliphatic carbocycles. The minimum Gasteiger partial charge on any atom is -0.444 e. The summed E-state index contributed by atoms with van der Waals surface area (Å²) < 4.78 is 69.1. The van der Waals surface area contributed by atoms with E-state index in [-0.39, 0.29) is 23.6 Å². The van der Waals surface area contributed by atoms with Crippen LogP contribution in [-0.2, 0) is 20.5 Å². The molecule has 3 aromatic heterocycles. The Labute approximate surface area is 376 Å². The zero-order valence-electron chi connectivity index (χ0n) is 36.6. The quantitative estimate of drug-likeness (QED) is 0.0944. The molecule has 0 unspecified atom stereocenters. The fourth-order valence-corrected chi connectivity index (χ4v) is 9.01. The number of nitrogens with one attached hydrogen (secondary N) is 1. The molecule has 16 heteroatoms. The number of fused-ring (bicyclic) bond motifs is 1. The van der Waals surface area contributed by atoms with E-state index in [1.54, 1.807) is 42.7 Å². The van der Waals surface area contributed by atoms with Crippen molar-refractivity contribution in [2.75, 3.05) is 49.4 Å². The van der Waals surface area contributed by atoms with Crippen molar-refractivity contribution in [2.24, 2.45) is 0 Å². The molecule has 0 saturated carbocycles. The first kappa shape index (κ1) is 44.6. The van der Waals surface area contributed by atoms with E-state index in [0.29, 0.717) is 48.9 Å². The SMILES string of the molecule is CCN(C)S(=O)(=O)Nc1ccc(F)c(C(=O)c2cn(C(c3ccccc3)(c3ccccc3)c3ccccc3)c3ncc(-c4cnc(N5CCN(C(=O)OC(C)(C)C)CC5)cn4)cc23)c1F. The van der Waals surface area contributed by atoms with E-state index < -0.39 is 50.0 Å². The lowest BCUT2D eigenvalue weighted by Gasteiger charge is -2.38. The number of aromatic nitrogens is 4. The molecule has 1 N–H and O–H groups in total. The Bertz CT molecular complexity index is 2860. The molecule has 0 bridgehead atoms. The predicted molar refractivity (Wildman–Crippen MR) is 246 cm³/mol. The Morgan fingerprint density at radius 3 is 1.89 bits per heavy atom. The van der Waals surface area contributed by atoms with Gasteiger partial charge in [0.15, 0.2) is 5.82 Å². The van der Waals surface area contributed by atoms with Gasteiger partial charge in [0.1, 0.15) is 28.4 Å². The van der Waals surface area contributed by atoms with Crippen LogP contribution in [0.2, 0.25) is 0 Å². The van der Waals surface area contributed by atoms with Crippen LogP contribution in [0.3, 0.4) is 0 Å². The van der Waals surface area contributed by atoms with Crippen molar-refractivity contribution < 1.29 is 31.5 Å². The van der Waals surface area contributed by atoms with Gasteiger partial charge in [-0.15, -0.1) is 0 Å². The summed E-state index contributed by atoms with van der Waals surface area (Å²) in [4.78, 5) is 45.8. The summed E-state index contributed by atoms with van der Waals surface area (Å²) >= 11 is 0. The highest BCUT2D eigenvalue weighted by Gasteiger charge is 2.41. The van der Waals surface area contributed by atoms with Gasteiger partial charge in [-0.25, -0.2) is 23.5 Å². The van der Waals surface area contributed by atoms with Gasteiger partial charge in [-0.2, -0.15) is 12.7 Å². The fourth-order valence-electron chi connectivity index (χ4n) is 8.08. The number of carbonyl (C=O) groups is 2. The highest BCUT2D eigenvalue weighted by molar-refractivity contribution is 7.90. The van der Waals surface area contributed by atoms with Crippen molar-refractivity contribution in [1.82, 2.24) is 28.7 Å². The third-order valence-corrected chi connectivity index (χ3v) is 13.0. The number of carbonyl (C=O) groups excluding carboxylic acids is 2. The molecule has 1 aliphatic rings. The van der Waals surface area contributed by atoms with Crippen LogP contribution < -0.4 is 9.62 Å². The van der Waals surface area contributed by atoms with E-state index in [0.717, 1.165) is 33.1 Å². The maximum Gasteiger partial charge on any atom is 0.410 e. The molecular weight excluding hydrogens is 851 g/mol. The highest BCUT2D eigenvalue weighted by atomic mass is 32.2. The second-order valence-corrected chi connectivity index (χ2v) is 18.4. The predicted octanol–water partition coefficient (Wildman–Crippen LogP) is 8.51. The minimum absolute atomic E-state index is 0.0741. The maximum absolute atomic E-state index is 16.6. The van der Waals surface area contributed by atoms with Gasteiger partial charge < -0.3 is 19.1 Å². The largest absolute Gasteiger partial charge is 0.444 e. The number of ether oxygens (including phenoxy) is 1. The number of rotatable bonds is 12. The zero-order chi connectivity index (χ0) is 46.1. The molecule has 8 rings (SSSR count). The van der Waals surface area contributed by atoms with E-state index in [9.17, 15) is 18.0 Å².